The van der Waals surface area contributed by atoms with Gasteiger partial charge in [0.2, 0.25) is 0 Å². The van der Waals surface area contributed by atoms with Crippen molar-refractivity contribution in [1.82, 2.24) is 4.98 Å². The predicted octanol–water partition coefficient (Wildman–Crippen LogP) is 2.95. The maximum absolute atomic E-state index is 11.8. The van der Waals surface area contributed by atoms with E-state index >= 15 is 0 Å². The maximum Gasteiger partial charge on any atom is 0.394 e. The normalized spacial score (nSPS) is 11.7. The van der Waals surface area contributed by atoms with Gasteiger partial charge in [0.25, 0.3) is 0 Å². The Morgan fingerprint density at radius 2 is 2.00 bits per heavy atom. The Morgan fingerprint density at radius 1 is 1.33 bits per heavy atom. The lowest BCUT2D eigenvalue weighted by atomic mass is 10.3. The molecule has 0 saturated carbocycles. The van der Waals surface area contributed by atoms with Crippen molar-refractivity contribution < 1.29 is 13.2 Å². The molecular formula is C7H5BrF3N. The van der Waals surface area contributed by atoms with Gasteiger partial charge < -0.3 is 0 Å². The summed E-state index contributed by atoms with van der Waals surface area (Å²) in [7, 11) is 0. The van der Waals surface area contributed by atoms with Crippen molar-refractivity contribution in [3.8, 4) is 0 Å². The predicted molar refractivity (Wildman–Crippen MR) is 41.7 cm³/mol. The summed E-state index contributed by atoms with van der Waals surface area (Å²) in [5, 5.41) is 0. The summed E-state index contributed by atoms with van der Waals surface area (Å²) in [6, 6.07) is 2.88. The SMILES string of the molecule is FC(F)(F)Cc1ccc(Br)cn1. The molecule has 0 unspecified atom stereocenters. The second-order valence-corrected chi connectivity index (χ2v) is 3.18. The molecule has 0 atom stereocenters. The average Bonchev–Trinajstić information content (AvgIpc) is 1.91. The highest BCUT2D eigenvalue weighted by Gasteiger charge is 2.28. The number of rotatable bonds is 1. The van der Waals surface area contributed by atoms with E-state index in [0.29, 0.717) is 4.47 Å². The second-order valence-electron chi connectivity index (χ2n) is 2.26. The van der Waals surface area contributed by atoms with E-state index in [4.69, 9.17) is 0 Å². The molecule has 0 amide bonds. The topological polar surface area (TPSA) is 12.9 Å². The zero-order valence-corrected chi connectivity index (χ0v) is 7.48. The van der Waals surface area contributed by atoms with Crippen LogP contribution in [0.4, 0.5) is 13.2 Å². The first kappa shape index (κ1) is 9.51. The highest BCUT2D eigenvalue weighted by molar-refractivity contribution is 9.10. The van der Waals surface area contributed by atoms with E-state index in [-0.39, 0.29) is 5.69 Å². The van der Waals surface area contributed by atoms with Crippen molar-refractivity contribution in [2.75, 3.05) is 0 Å². The molecule has 1 rings (SSSR count). The van der Waals surface area contributed by atoms with E-state index in [9.17, 15) is 13.2 Å². The first-order valence-corrected chi connectivity index (χ1v) is 3.94. The lowest BCUT2D eigenvalue weighted by molar-refractivity contribution is -0.127. The Bertz CT molecular complexity index is 254. The van der Waals surface area contributed by atoms with Crippen LogP contribution in [0.1, 0.15) is 5.69 Å². The van der Waals surface area contributed by atoms with E-state index in [2.05, 4.69) is 20.9 Å². The second kappa shape index (κ2) is 3.43. The third-order valence-electron chi connectivity index (χ3n) is 1.17. The highest BCUT2D eigenvalue weighted by atomic mass is 79.9. The molecule has 1 heterocycles. The minimum atomic E-state index is -4.18. The van der Waals surface area contributed by atoms with Crippen LogP contribution in [0.5, 0.6) is 0 Å². The molecule has 1 aromatic rings. The van der Waals surface area contributed by atoms with Gasteiger partial charge in [-0.15, -0.1) is 0 Å². The summed E-state index contributed by atoms with van der Waals surface area (Å²) in [5.74, 6) is 0. The molecule has 1 nitrogen and oxygen atoms in total. The number of hydrogen-bond donors (Lipinski definition) is 0. The summed E-state index contributed by atoms with van der Waals surface area (Å²) < 4.78 is 36.0. The standard InChI is InChI=1S/C7H5BrF3N/c8-5-1-2-6(12-4-5)3-7(9,10)11/h1-2,4H,3H2. The van der Waals surface area contributed by atoms with Crippen molar-refractivity contribution in [1.29, 1.82) is 0 Å². The molecule has 0 aliphatic carbocycles. The van der Waals surface area contributed by atoms with Gasteiger partial charge in [0.05, 0.1) is 6.42 Å². The van der Waals surface area contributed by atoms with Gasteiger partial charge in [-0.05, 0) is 28.1 Å². The lowest BCUT2D eigenvalue weighted by Gasteiger charge is -2.04. The molecule has 0 aromatic carbocycles. The van der Waals surface area contributed by atoms with Crippen molar-refractivity contribution in [2.45, 2.75) is 12.6 Å². The molecule has 0 radical (unpaired) electrons. The smallest absolute Gasteiger partial charge is 0.260 e. The molecule has 12 heavy (non-hydrogen) atoms. The van der Waals surface area contributed by atoms with Gasteiger partial charge in [-0.2, -0.15) is 13.2 Å². The van der Waals surface area contributed by atoms with Crippen LogP contribution >= 0.6 is 15.9 Å². The van der Waals surface area contributed by atoms with E-state index in [0.717, 1.165) is 0 Å². The van der Waals surface area contributed by atoms with Crippen LogP contribution in [0.15, 0.2) is 22.8 Å². The lowest BCUT2D eigenvalue weighted by Crippen LogP contribution is -2.12. The van der Waals surface area contributed by atoms with Crippen LogP contribution in [0.25, 0.3) is 0 Å². The van der Waals surface area contributed by atoms with Gasteiger partial charge in [0, 0.05) is 16.4 Å². The van der Waals surface area contributed by atoms with Gasteiger partial charge >= 0.3 is 6.18 Å². The van der Waals surface area contributed by atoms with Crippen LogP contribution in [-0.4, -0.2) is 11.2 Å². The minimum absolute atomic E-state index is 0.0331. The molecule has 0 aliphatic rings. The molecule has 66 valence electrons. The average molecular weight is 240 g/mol. The first-order chi connectivity index (χ1) is 5.47. The van der Waals surface area contributed by atoms with E-state index < -0.39 is 12.6 Å². The largest absolute Gasteiger partial charge is 0.394 e. The number of hydrogen-bond acceptors (Lipinski definition) is 1. The molecule has 5 heteroatoms. The van der Waals surface area contributed by atoms with Gasteiger partial charge in [-0.3, -0.25) is 4.98 Å². The van der Waals surface area contributed by atoms with Crippen LogP contribution < -0.4 is 0 Å². The Morgan fingerprint density at radius 3 is 2.42 bits per heavy atom. The monoisotopic (exact) mass is 239 g/mol. The zero-order valence-electron chi connectivity index (χ0n) is 5.90. The molecule has 0 N–H and O–H groups in total. The summed E-state index contributed by atoms with van der Waals surface area (Å²) in [6.07, 6.45) is -3.80. The number of aromatic nitrogens is 1. The van der Waals surface area contributed by atoms with Gasteiger partial charge in [0.1, 0.15) is 0 Å². The maximum atomic E-state index is 11.8. The number of halogens is 4. The Hall–Kier alpha value is -0.580. The van der Waals surface area contributed by atoms with Crippen LogP contribution in [0, 0.1) is 0 Å². The molecule has 0 saturated heterocycles. The molecule has 0 bridgehead atoms. The van der Waals surface area contributed by atoms with Gasteiger partial charge in [0.15, 0.2) is 0 Å². The Kier molecular flexibility index (Phi) is 2.72. The zero-order chi connectivity index (χ0) is 9.19. The van der Waals surface area contributed by atoms with Crippen molar-refractivity contribution >= 4 is 15.9 Å². The summed E-state index contributed by atoms with van der Waals surface area (Å²) in [6.45, 7) is 0. The summed E-state index contributed by atoms with van der Waals surface area (Å²) in [5.41, 5.74) is 0.0331. The highest BCUT2D eigenvalue weighted by Crippen LogP contribution is 2.20. The molecule has 0 spiro atoms. The summed E-state index contributed by atoms with van der Waals surface area (Å²) in [4.78, 5) is 3.60. The number of nitrogens with zero attached hydrogens (tertiary/aromatic N) is 1. The fraction of sp³-hybridized carbons (Fsp3) is 0.286. The van der Waals surface area contributed by atoms with Gasteiger partial charge in [-0.1, -0.05) is 0 Å². The fourth-order valence-corrected chi connectivity index (χ4v) is 0.951. The summed E-state index contributed by atoms with van der Waals surface area (Å²) >= 11 is 3.08. The van der Waals surface area contributed by atoms with E-state index in [1.165, 1.54) is 18.3 Å². The Labute approximate surface area is 75.7 Å². The molecular weight excluding hydrogens is 235 g/mol. The van der Waals surface area contributed by atoms with Crippen molar-refractivity contribution in [3.63, 3.8) is 0 Å². The van der Waals surface area contributed by atoms with Gasteiger partial charge in [-0.25, -0.2) is 0 Å². The molecule has 1 aromatic heterocycles. The third kappa shape index (κ3) is 3.21. The number of pyridine rings is 1. The quantitative estimate of drug-likeness (QED) is 0.735. The molecule has 0 fully saturated rings. The van der Waals surface area contributed by atoms with Crippen molar-refractivity contribution in [3.05, 3.63) is 28.5 Å². The Balaban J connectivity index is 2.71. The first-order valence-electron chi connectivity index (χ1n) is 3.14. The fourth-order valence-electron chi connectivity index (χ4n) is 0.716. The molecule has 0 aliphatic heterocycles. The van der Waals surface area contributed by atoms with Crippen LogP contribution in [0.3, 0.4) is 0 Å². The minimum Gasteiger partial charge on any atom is -0.260 e. The van der Waals surface area contributed by atoms with Crippen LogP contribution in [0.2, 0.25) is 0 Å². The number of alkyl halides is 3. The third-order valence-corrected chi connectivity index (χ3v) is 1.64. The van der Waals surface area contributed by atoms with Crippen molar-refractivity contribution in [2.24, 2.45) is 0 Å². The van der Waals surface area contributed by atoms with Crippen LogP contribution in [-0.2, 0) is 6.42 Å². The van der Waals surface area contributed by atoms with E-state index in [1.54, 1.807) is 0 Å². The van der Waals surface area contributed by atoms with E-state index in [1.807, 2.05) is 0 Å².